The van der Waals surface area contributed by atoms with Gasteiger partial charge in [0.05, 0.1) is 24.6 Å². The highest BCUT2D eigenvalue weighted by Gasteiger charge is 2.17. The second-order valence-electron chi connectivity index (χ2n) is 7.73. The van der Waals surface area contributed by atoms with Crippen molar-refractivity contribution >= 4 is 48.9 Å². The van der Waals surface area contributed by atoms with Crippen LogP contribution in [0.5, 0.6) is 11.5 Å². The normalized spacial score (nSPS) is 11.4. The lowest BCUT2D eigenvalue weighted by Gasteiger charge is -2.13. The fraction of sp³-hybridized carbons (Fsp3) is 0.0769. The van der Waals surface area contributed by atoms with E-state index in [0.717, 1.165) is 16.5 Å². The molecule has 0 saturated carbocycles. The third kappa shape index (κ3) is 4.41. The Hall–Kier alpha value is -4.37. The number of nitrogens with zero attached hydrogens (tertiary/aromatic N) is 2. The van der Waals surface area contributed by atoms with Crippen molar-refractivity contribution in [3.8, 4) is 11.5 Å². The van der Waals surface area contributed by atoms with Crippen molar-refractivity contribution in [3.63, 3.8) is 0 Å². The molecule has 0 amide bonds. The average Bonchev–Trinajstić information content (AvgIpc) is 2.88. The van der Waals surface area contributed by atoms with Crippen molar-refractivity contribution in [1.29, 1.82) is 0 Å². The largest absolute Gasteiger partial charge is 0.493 e. The van der Waals surface area contributed by atoms with E-state index in [-0.39, 0.29) is 4.90 Å². The topological polar surface area (TPSA) is 102 Å². The second-order valence-corrected chi connectivity index (χ2v) is 9.38. The summed E-state index contributed by atoms with van der Waals surface area (Å²) in [6.07, 6.45) is 1.46. The first-order valence-corrected chi connectivity index (χ1v) is 12.2. The van der Waals surface area contributed by atoms with Crippen LogP contribution in [0.4, 0.5) is 17.2 Å². The van der Waals surface area contributed by atoms with Gasteiger partial charge in [-0.2, -0.15) is 0 Å². The molecule has 0 unspecified atom stereocenters. The van der Waals surface area contributed by atoms with Gasteiger partial charge in [-0.1, -0.05) is 36.4 Å². The Kier molecular flexibility index (Phi) is 5.84. The molecule has 0 fully saturated rings. The molecule has 0 aliphatic carbocycles. The van der Waals surface area contributed by atoms with Gasteiger partial charge in [0.2, 0.25) is 0 Å². The summed E-state index contributed by atoms with van der Waals surface area (Å²) in [7, 11) is -0.634. The lowest BCUT2D eigenvalue weighted by molar-refractivity contribution is 0.356. The van der Waals surface area contributed by atoms with Crippen LogP contribution in [-0.2, 0) is 10.0 Å². The Morgan fingerprint density at radius 1 is 0.743 bits per heavy atom. The molecule has 0 saturated heterocycles. The minimum Gasteiger partial charge on any atom is -0.493 e. The van der Waals surface area contributed by atoms with Crippen molar-refractivity contribution < 1.29 is 17.9 Å². The molecular weight excluding hydrogens is 464 g/mol. The van der Waals surface area contributed by atoms with Crippen LogP contribution in [0.25, 0.3) is 21.7 Å². The summed E-state index contributed by atoms with van der Waals surface area (Å²) in [4.78, 5) is 8.89. The molecule has 8 nitrogen and oxygen atoms in total. The molecule has 176 valence electrons. The van der Waals surface area contributed by atoms with Crippen LogP contribution >= 0.6 is 0 Å². The van der Waals surface area contributed by atoms with Crippen molar-refractivity contribution in [2.75, 3.05) is 24.3 Å². The molecule has 5 aromatic rings. The van der Waals surface area contributed by atoms with Gasteiger partial charge in [-0.3, -0.25) is 4.72 Å². The van der Waals surface area contributed by atoms with Gasteiger partial charge in [-0.15, -0.1) is 0 Å². The molecule has 0 aliphatic heterocycles. The molecule has 4 aromatic carbocycles. The highest BCUT2D eigenvalue weighted by molar-refractivity contribution is 7.93. The SMILES string of the molecule is COc1cc2ncnc(Nc3ccc(NS(=O)(=O)c4cccc5ccccc45)cc3)c2cc1OC. The molecule has 2 N–H and O–H groups in total. The number of anilines is 3. The van der Waals surface area contributed by atoms with E-state index in [2.05, 4.69) is 20.0 Å². The summed E-state index contributed by atoms with van der Waals surface area (Å²) in [6.45, 7) is 0. The van der Waals surface area contributed by atoms with Gasteiger partial charge >= 0.3 is 0 Å². The maximum atomic E-state index is 13.1. The van der Waals surface area contributed by atoms with E-state index in [0.29, 0.717) is 33.9 Å². The zero-order valence-corrected chi connectivity index (χ0v) is 19.8. The molecule has 0 bridgehead atoms. The highest BCUT2D eigenvalue weighted by atomic mass is 32.2. The first-order chi connectivity index (χ1) is 17.0. The third-order valence-electron chi connectivity index (χ3n) is 5.58. The zero-order chi connectivity index (χ0) is 24.4. The molecule has 0 spiro atoms. The molecule has 35 heavy (non-hydrogen) atoms. The number of hydrogen-bond acceptors (Lipinski definition) is 7. The number of rotatable bonds is 7. The Labute approximate surface area is 202 Å². The Morgan fingerprint density at radius 2 is 1.43 bits per heavy atom. The van der Waals surface area contributed by atoms with Crippen LogP contribution in [0, 0.1) is 0 Å². The second kappa shape index (κ2) is 9.11. The van der Waals surface area contributed by atoms with Crippen LogP contribution < -0.4 is 19.5 Å². The molecule has 5 rings (SSSR count). The summed E-state index contributed by atoms with van der Waals surface area (Å²) >= 11 is 0. The predicted molar refractivity (Wildman–Crippen MR) is 137 cm³/mol. The minimum absolute atomic E-state index is 0.231. The van der Waals surface area contributed by atoms with Crippen LogP contribution in [-0.4, -0.2) is 32.6 Å². The van der Waals surface area contributed by atoms with Gasteiger partial charge < -0.3 is 14.8 Å². The van der Waals surface area contributed by atoms with E-state index in [1.165, 1.54) is 6.33 Å². The summed E-state index contributed by atoms with van der Waals surface area (Å²) in [5.74, 6) is 1.73. The first kappa shape index (κ1) is 22.4. The average molecular weight is 487 g/mol. The van der Waals surface area contributed by atoms with Crippen LogP contribution in [0.1, 0.15) is 0 Å². The summed E-state index contributed by atoms with van der Waals surface area (Å²) in [6, 6.07) is 23.1. The van der Waals surface area contributed by atoms with Crippen molar-refractivity contribution in [2.24, 2.45) is 0 Å². The van der Waals surface area contributed by atoms with E-state index in [1.54, 1.807) is 62.8 Å². The quantitative estimate of drug-likeness (QED) is 0.320. The lowest BCUT2D eigenvalue weighted by Crippen LogP contribution is -2.13. The lowest BCUT2D eigenvalue weighted by atomic mass is 10.1. The van der Waals surface area contributed by atoms with E-state index < -0.39 is 10.0 Å². The van der Waals surface area contributed by atoms with Gasteiger partial charge in [0, 0.05) is 28.2 Å². The summed E-state index contributed by atoms with van der Waals surface area (Å²) in [5, 5.41) is 5.54. The molecule has 9 heteroatoms. The molecule has 0 radical (unpaired) electrons. The molecular formula is C26H22N4O4S. The van der Waals surface area contributed by atoms with Crippen molar-refractivity contribution in [1.82, 2.24) is 9.97 Å². The Bertz CT molecular complexity index is 1630. The minimum atomic E-state index is -3.77. The van der Waals surface area contributed by atoms with Gasteiger partial charge in [-0.05, 0) is 41.8 Å². The first-order valence-electron chi connectivity index (χ1n) is 10.7. The number of hydrogen-bond donors (Lipinski definition) is 2. The van der Waals surface area contributed by atoms with E-state index in [1.807, 2.05) is 30.3 Å². The monoisotopic (exact) mass is 486 g/mol. The summed E-state index contributed by atoms with van der Waals surface area (Å²) < 4.78 is 39.6. The number of benzene rings is 4. The van der Waals surface area contributed by atoms with Crippen LogP contribution in [0.2, 0.25) is 0 Å². The Morgan fingerprint density at radius 3 is 2.20 bits per heavy atom. The number of nitrogens with one attached hydrogen (secondary N) is 2. The molecule has 1 heterocycles. The molecule has 0 atom stereocenters. The van der Waals surface area contributed by atoms with Crippen molar-refractivity contribution in [3.05, 3.63) is 85.2 Å². The van der Waals surface area contributed by atoms with E-state index in [9.17, 15) is 8.42 Å². The van der Waals surface area contributed by atoms with Crippen LogP contribution in [0.15, 0.2) is 90.1 Å². The number of ether oxygens (including phenoxy) is 2. The number of fused-ring (bicyclic) bond motifs is 2. The maximum absolute atomic E-state index is 13.1. The predicted octanol–water partition coefficient (Wildman–Crippen LogP) is 5.34. The number of sulfonamides is 1. The van der Waals surface area contributed by atoms with Gasteiger partial charge in [0.1, 0.15) is 12.1 Å². The number of methoxy groups -OCH3 is 2. The van der Waals surface area contributed by atoms with E-state index >= 15 is 0 Å². The van der Waals surface area contributed by atoms with Gasteiger partial charge in [-0.25, -0.2) is 18.4 Å². The smallest absolute Gasteiger partial charge is 0.262 e. The van der Waals surface area contributed by atoms with Gasteiger partial charge in [0.25, 0.3) is 10.0 Å². The fourth-order valence-electron chi connectivity index (χ4n) is 3.88. The standard InChI is InChI=1S/C26H22N4O4S/c1-33-23-14-21-22(15-24(23)34-2)27-16-28-26(21)29-18-10-12-19(13-11-18)30-35(31,32)25-9-5-7-17-6-3-4-8-20(17)25/h3-16,30H,1-2H3,(H,27,28,29). The maximum Gasteiger partial charge on any atom is 0.262 e. The van der Waals surface area contributed by atoms with Gasteiger partial charge in [0.15, 0.2) is 11.5 Å². The zero-order valence-electron chi connectivity index (χ0n) is 19.0. The fourth-order valence-corrected chi connectivity index (χ4v) is 5.17. The molecule has 1 aromatic heterocycles. The highest BCUT2D eigenvalue weighted by Crippen LogP contribution is 2.34. The summed E-state index contributed by atoms with van der Waals surface area (Å²) in [5.41, 5.74) is 1.87. The van der Waals surface area contributed by atoms with E-state index in [4.69, 9.17) is 9.47 Å². The number of aromatic nitrogens is 2. The van der Waals surface area contributed by atoms with Crippen molar-refractivity contribution in [2.45, 2.75) is 4.90 Å². The molecule has 0 aliphatic rings. The van der Waals surface area contributed by atoms with Crippen LogP contribution in [0.3, 0.4) is 0 Å². The Balaban J connectivity index is 1.40. The third-order valence-corrected chi connectivity index (χ3v) is 7.02.